The lowest BCUT2D eigenvalue weighted by atomic mass is 10.0. The van der Waals surface area contributed by atoms with Gasteiger partial charge in [0.25, 0.3) is 5.91 Å². The van der Waals surface area contributed by atoms with Gasteiger partial charge in [-0.1, -0.05) is 60.7 Å². The Labute approximate surface area is 159 Å². The molecule has 0 bridgehead atoms. The lowest BCUT2D eigenvalue weighted by molar-refractivity contribution is -0.136. The van der Waals surface area contributed by atoms with Gasteiger partial charge in [-0.15, -0.1) is 0 Å². The highest BCUT2D eigenvalue weighted by Gasteiger charge is 2.23. The maximum atomic E-state index is 12.8. The van der Waals surface area contributed by atoms with E-state index < -0.39 is 5.97 Å². The first-order valence-electron chi connectivity index (χ1n) is 9.16. The molecule has 1 aliphatic rings. The molecule has 2 aromatic carbocycles. The second-order valence-electron chi connectivity index (χ2n) is 6.63. The summed E-state index contributed by atoms with van der Waals surface area (Å²) in [5, 5.41) is 9.04. The zero-order valence-electron chi connectivity index (χ0n) is 15.3. The van der Waals surface area contributed by atoms with E-state index in [1.54, 1.807) is 24.3 Å². The van der Waals surface area contributed by atoms with Crippen LogP contribution in [0, 0.1) is 0 Å². The molecule has 0 aromatic heterocycles. The second kappa shape index (κ2) is 9.14. The van der Waals surface area contributed by atoms with Crippen LogP contribution in [-0.2, 0) is 11.2 Å². The number of nitrogens with zero attached hydrogens (tertiary/aromatic N) is 2. The minimum Gasteiger partial charge on any atom is -0.481 e. The van der Waals surface area contributed by atoms with Crippen LogP contribution in [0.25, 0.3) is 6.08 Å². The summed E-state index contributed by atoms with van der Waals surface area (Å²) in [5.41, 5.74) is 2.25. The predicted molar refractivity (Wildman–Crippen MR) is 106 cm³/mol. The van der Waals surface area contributed by atoms with Gasteiger partial charge in [-0.25, -0.2) is 0 Å². The SMILES string of the molecule is O=C(O)Cc1ccccc1C(=O)N1CCN(CC=Cc2ccccc2)CC1. The Kier molecular flexibility index (Phi) is 6.39. The molecule has 0 atom stereocenters. The summed E-state index contributed by atoms with van der Waals surface area (Å²) in [7, 11) is 0. The fraction of sp³-hybridized carbons (Fsp3) is 0.273. The summed E-state index contributed by atoms with van der Waals surface area (Å²) in [6.45, 7) is 3.78. The highest BCUT2D eigenvalue weighted by molar-refractivity contribution is 5.96. The van der Waals surface area contributed by atoms with Gasteiger partial charge in [0.1, 0.15) is 0 Å². The Balaban J connectivity index is 1.54. The van der Waals surface area contributed by atoms with E-state index in [0.717, 1.165) is 19.6 Å². The summed E-state index contributed by atoms with van der Waals surface area (Å²) < 4.78 is 0. The van der Waals surface area contributed by atoms with Crippen molar-refractivity contribution in [3.8, 4) is 0 Å². The average molecular weight is 364 g/mol. The maximum Gasteiger partial charge on any atom is 0.307 e. The number of rotatable bonds is 6. The first-order valence-corrected chi connectivity index (χ1v) is 9.16. The van der Waals surface area contributed by atoms with E-state index in [1.165, 1.54) is 5.56 Å². The molecule has 5 nitrogen and oxygen atoms in total. The first-order chi connectivity index (χ1) is 13.1. The third-order valence-electron chi connectivity index (χ3n) is 4.72. The average Bonchev–Trinajstić information content (AvgIpc) is 2.69. The molecule has 0 aliphatic carbocycles. The largest absolute Gasteiger partial charge is 0.481 e. The summed E-state index contributed by atoms with van der Waals surface area (Å²) in [4.78, 5) is 28.0. The third kappa shape index (κ3) is 5.28. The Hall–Kier alpha value is -2.92. The summed E-state index contributed by atoms with van der Waals surface area (Å²) >= 11 is 0. The first kappa shape index (κ1) is 18.9. The number of amides is 1. The Bertz CT molecular complexity index is 809. The molecule has 1 N–H and O–H groups in total. The number of carbonyl (C=O) groups excluding carboxylic acids is 1. The van der Waals surface area contributed by atoms with E-state index in [0.29, 0.717) is 24.2 Å². The number of hydrogen-bond donors (Lipinski definition) is 1. The lowest BCUT2D eigenvalue weighted by Crippen LogP contribution is -2.48. The van der Waals surface area contributed by atoms with Crippen LogP contribution in [-0.4, -0.2) is 59.5 Å². The topological polar surface area (TPSA) is 60.9 Å². The molecule has 1 fully saturated rings. The highest BCUT2D eigenvalue weighted by atomic mass is 16.4. The van der Waals surface area contributed by atoms with Crippen molar-refractivity contribution in [3.05, 3.63) is 77.4 Å². The van der Waals surface area contributed by atoms with E-state index in [9.17, 15) is 9.59 Å². The summed E-state index contributed by atoms with van der Waals surface area (Å²) in [5.74, 6) is -1.00. The number of carboxylic acid groups (broad SMARTS) is 1. The number of piperazine rings is 1. The smallest absolute Gasteiger partial charge is 0.307 e. The zero-order chi connectivity index (χ0) is 19.1. The second-order valence-corrected chi connectivity index (χ2v) is 6.63. The van der Waals surface area contributed by atoms with Crippen LogP contribution < -0.4 is 0 Å². The van der Waals surface area contributed by atoms with Gasteiger partial charge in [0.2, 0.25) is 0 Å². The van der Waals surface area contributed by atoms with Gasteiger partial charge in [0.15, 0.2) is 0 Å². The molecular formula is C22H24N2O3. The molecule has 0 saturated carbocycles. The quantitative estimate of drug-likeness (QED) is 0.856. The van der Waals surface area contributed by atoms with Crippen molar-refractivity contribution >= 4 is 18.0 Å². The monoisotopic (exact) mass is 364 g/mol. The normalized spacial score (nSPS) is 15.2. The van der Waals surface area contributed by atoms with Crippen molar-refractivity contribution in [2.75, 3.05) is 32.7 Å². The maximum absolute atomic E-state index is 12.8. The van der Waals surface area contributed by atoms with Crippen molar-refractivity contribution in [3.63, 3.8) is 0 Å². The van der Waals surface area contributed by atoms with Crippen molar-refractivity contribution in [2.45, 2.75) is 6.42 Å². The van der Waals surface area contributed by atoms with Crippen LogP contribution in [0.2, 0.25) is 0 Å². The van der Waals surface area contributed by atoms with Crippen molar-refractivity contribution < 1.29 is 14.7 Å². The van der Waals surface area contributed by atoms with Crippen LogP contribution in [0.4, 0.5) is 0 Å². The fourth-order valence-corrected chi connectivity index (χ4v) is 3.25. The molecular weight excluding hydrogens is 340 g/mol. The fourth-order valence-electron chi connectivity index (χ4n) is 3.25. The lowest BCUT2D eigenvalue weighted by Gasteiger charge is -2.34. The molecule has 5 heteroatoms. The van der Waals surface area contributed by atoms with Crippen molar-refractivity contribution in [1.82, 2.24) is 9.80 Å². The zero-order valence-corrected chi connectivity index (χ0v) is 15.3. The van der Waals surface area contributed by atoms with E-state index >= 15 is 0 Å². The molecule has 27 heavy (non-hydrogen) atoms. The highest BCUT2D eigenvalue weighted by Crippen LogP contribution is 2.15. The van der Waals surface area contributed by atoms with E-state index in [2.05, 4.69) is 29.2 Å². The van der Waals surface area contributed by atoms with Crippen LogP contribution in [0.5, 0.6) is 0 Å². The van der Waals surface area contributed by atoms with E-state index in [4.69, 9.17) is 5.11 Å². The van der Waals surface area contributed by atoms with Crippen molar-refractivity contribution in [2.24, 2.45) is 0 Å². The molecule has 1 saturated heterocycles. The molecule has 0 radical (unpaired) electrons. The third-order valence-corrected chi connectivity index (χ3v) is 4.72. The molecule has 1 heterocycles. The van der Waals surface area contributed by atoms with Gasteiger partial charge >= 0.3 is 5.97 Å². The van der Waals surface area contributed by atoms with Crippen LogP contribution in [0.15, 0.2) is 60.7 Å². The number of aliphatic carboxylic acids is 1. The van der Waals surface area contributed by atoms with Crippen LogP contribution in [0.1, 0.15) is 21.5 Å². The van der Waals surface area contributed by atoms with E-state index in [-0.39, 0.29) is 12.3 Å². The number of carboxylic acids is 1. The standard InChI is InChI=1S/C22H24N2O3/c25-21(26)17-19-10-4-5-11-20(19)22(27)24-15-13-23(14-16-24)12-6-9-18-7-2-1-3-8-18/h1-11H,12-17H2,(H,25,26). The van der Waals surface area contributed by atoms with Gasteiger partial charge in [-0.05, 0) is 17.2 Å². The molecule has 2 aromatic rings. The Morgan fingerprint density at radius 1 is 0.926 bits per heavy atom. The van der Waals surface area contributed by atoms with Crippen molar-refractivity contribution in [1.29, 1.82) is 0 Å². The summed E-state index contributed by atoms with van der Waals surface area (Å²) in [6, 6.07) is 17.2. The Morgan fingerprint density at radius 2 is 1.59 bits per heavy atom. The molecule has 1 aliphatic heterocycles. The summed E-state index contributed by atoms with van der Waals surface area (Å²) in [6.07, 6.45) is 4.13. The minimum atomic E-state index is -0.926. The van der Waals surface area contributed by atoms with Gasteiger partial charge < -0.3 is 10.0 Å². The number of benzene rings is 2. The van der Waals surface area contributed by atoms with Gasteiger partial charge in [0.05, 0.1) is 6.42 Å². The van der Waals surface area contributed by atoms with Gasteiger partial charge in [-0.2, -0.15) is 0 Å². The Morgan fingerprint density at radius 3 is 2.30 bits per heavy atom. The van der Waals surface area contributed by atoms with E-state index in [1.807, 2.05) is 23.1 Å². The molecule has 140 valence electrons. The van der Waals surface area contributed by atoms with Gasteiger partial charge in [-0.3, -0.25) is 14.5 Å². The number of carbonyl (C=O) groups is 2. The number of hydrogen-bond acceptors (Lipinski definition) is 3. The van der Waals surface area contributed by atoms with Gasteiger partial charge in [0, 0.05) is 38.3 Å². The molecule has 1 amide bonds. The predicted octanol–water partition coefficient (Wildman–Crippen LogP) is 2.78. The molecule has 0 spiro atoms. The van der Waals surface area contributed by atoms with Crippen LogP contribution in [0.3, 0.4) is 0 Å². The minimum absolute atomic E-state index is 0.0775. The van der Waals surface area contributed by atoms with Crippen LogP contribution >= 0.6 is 0 Å². The molecule has 0 unspecified atom stereocenters. The molecule has 3 rings (SSSR count).